The number of rotatable bonds is 4. The quantitative estimate of drug-likeness (QED) is 0.459. The predicted octanol–water partition coefficient (Wildman–Crippen LogP) is 2.94. The van der Waals surface area contributed by atoms with Crippen LogP contribution in [0.1, 0.15) is 22.3 Å². The zero-order valence-corrected chi connectivity index (χ0v) is 9.91. The molecule has 0 aliphatic rings. The summed E-state index contributed by atoms with van der Waals surface area (Å²) in [5.41, 5.74) is 5.62. The molecule has 14 heavy (non-hydrogen) atoms. The largest absolute Gasteiger partial charge is 0.304 e. The minimum Gasteiger partial charge on any atom is -0.304 e. The van der Waals surface area contributed by atoms with E-state index in [0.717, 1.165) is 13.0 Å². The summed E-state index contributed by atoms with van der Waals surface area (Å²) >= 11 is 5.55. The van der Waals surface area contributed by atoms with Crippen LogP contribution in [-0.4, -0.2) is 12.5 Å². The molecule has 0 unspecified atom stereocenters. The van der Waals surface area contributed by atoms with Crippen molar-refractivity contribution in [2.75, 3.05) is 12.5 Å². The minimum atomic E-state index is 0.532. The van der Waals surface area contributed by atoms with Gasteiger partial charge >= 0.3 is 0 Å². The summed E-state index contributed by atoms with van der Waals surface area (Å²) in [6, 6.07) is 4.94. The normalized spacial score (nSPS) is 10.6. The van der Waals surface area contributed by atoms with Crippen molar-refractivity contribution in [3.05, 3.63) is 34.4 Å². The minimum absolute atomic E-state index is 0.532. The van der Waals surface area contributed by atoms with E-state index in [1.807, 2.05) is 0 Å². The molecule has 0 spiro atoms. The second kappa shape index (κ2) is 5.38. The summed E-state index contributed by atoms with van der Waals surface area (Å²) < 4.78 is 0. The second-order valence-electron chi connectivity index (χ2n) is 3.68. The van der Waals surface area contributed by atoms with Gasteiger partial charge in [-0.15, -0.1) is 11.6 Å². The summed E-state index contributed by atoms with van der Waals surface area (Å²) in [6.45, 7) is 7.48. The first-order chi connectivity index (χ1) is 6.66. The number of hydrogen-bond acceptors (Lipinski definition) is 1. The maximum atomic E-state index is 5.55. The highest BCUT2D eigenvalue weighted by molar-refractivity contribution is 6.17. The Hall–Kier alpha value is -0.530. The monoisotopic (exact) mass is 211 g/mol. The Kier molecular flexibility index (Phi) is 4.43. The number of aryl methyl sites for hydroxylation is 1. The Balaban J connectivity index is 2.73. The van der Waals surface area contributed by atoms with Crippen molar-refractivity contribution in [3.63, 3.8) is 0 Å². The van der Waals surface area contributed by atoms with Crippen LogP contribution >= 0.6 is 11.6 Å². The molecular weight excluding hydrogens is 194 g/mol. The van der Waals surface area contributed by atoms with Gasteiger partial charge in [0.1, 0.15) is 0 Å². The van der Waals surface area contributed by atoms with Gasteiger partial charge in [-0.3, -0.25) is 0 Å². The molecule has 0 radical (unpaired) electrons. The number of halogens is 1. The summed E-state index contributed by atoms with van der Waals surface area (Å²) in [6.07, 6.45) is 1.06. The molecule has 0 aromatic heterocycles. The van der Waals surface area contributed by atoms with Gasteiger partial charge in [0.15, 0.2) is 0 Å². The fourth-order valence-corrected chi connectivity index (χ4v) is 1.71. The maximum absolute atomic E-state index is 5.55. The molecule has 0 aliphatic heterocycles. The topological polar surface area (TPSA) is 12.0 Å². The van der Waals surface area contributed by atoms with E-state index < -0.39 is 0 Å². The molecule has 0 saturated carbocycles. The third-order valence-corrected chi connectivity index (χ3v) is 3.02. The molecule has 0 amide bonds. The molecule has 1 aromatic rings. The molecule has 1 nitrogen and oxygen atoms in total. The van der Waals surface area contributed by atoms with Gasteiger partial charge in [0.2, 0.25) is 0 Å². The van der Waals surface area contributed by atoms with Crippen molar-refractivity contribution in [2.45, 2.75) is 27.2 Å². The first-order valence-electron chi connectivity index (χ1n) is 4.99. The summed E-state index contributed by atoms with van der Waals surface area (Å²) in [7, 11) is 0. The van der Waals surface area contributed by atoms with Crippen LogP contribution in [0, 0.1) is 20.8 Å². The lowest BCUT2D eigenvalue weighted by Gasteiger charge is -2.11. The maximum Gasteiger partial charge on any atom is 0.0713 e. The summed E-state index contributed by atoms with van der Waals surface area (Å²) in [4.78, 5) is 0. The lowest BCUT2D eigenvalue weighted by atomic mass is 9.97. The van der Waals surface area contributed by atoms with Crippen molar-refractivity contribution in [1.29, 1.82) is 0 Å². The van der Waals surface area contributed by atoms with E-state index in [0.29, 0.717) is 6.00 Å². The Morgan fingerprint density at radius 1 is 1.14 bits per heavy atom. The number of nitrogens with one attached hydrogen (secondary N) is 1. The predicted molar refractivity (Wildman–Crippen MR) is 63.1 cm³/mol. The van der Waals surface area contributed by atoms with Crippen molar-refractivity contribution in [2.24, 2.45) is 0 Å². The average molecular weight is 212 g/mol. The first-order valence-corrected chi connectivity index (χ1v) is 5.52. The highest BCUT2D eigenvalue weighted by atomic mass is 35.5. The van der Waals surface area contributed by atoms with Gasteiger partial charge in [-0.05, 0) is 49.4 Å². The lowest BCUT2D eigenvalue weighted by molar-refractivity contribution is 0.767. The van der Waals surface area contributed by atoms with E-state index in [1.165, 1.54) is 22.3 Å². The van der Waals surface area contributed by atoms with E-state index in [-0.39, 0.29) is 0 Å². The number of benzene rings is 1. The third kappa shape index (κ3) is 2.73. The van der Waals surface area contributed by atoms with Crippen molar-refractivity contribution in [1.82, 2.24) is 5.32 Å². The summed E-state index contributed by atoms with van der Waals surface area (Å²) in [5, 5.41) is 3.12. The van der Waals surface area contributed by atoms with E-state index in [4.69, 9.17) is 11.6 Å². The molecule has 0 fully saturated rings. The molecule has 78 valence electrons. The van der Waals surface area contributed by atoms with Gasteiger partial charge in [-0.25, -0.2) is 0 Å². The van der Waals surface area contributed by atoms with Crippen molar-refractivity contribution in [3.8, 4) is 0 Å². The zero-order valence-electron chi connectivity index (χ0n) is 9.15. The molecule has 2 heteroatoms. The number of alkyl halides is 1. The molecule has 1 rings (SSSR count). The van der Waals surface area contributed by atoms with E-state index in [9.17, 15) is 0 Å². The van der Waals surface area contributed by atoms with Crippen LogP contribution in [0.25, 0.3) is 0 Å². The van der Waals surface area contributed by atoms with Crippen LogP contribution in [-0.2, 0) is 6.42 Å². The van der Waals surface area contributed by atoms with Gasteiger partial charge < -0.3 is 5.32 Å². The van der Waals surface area contributed by atoms with E-state index >= 15 is 0 Å². The Labute approximate surface area is 91.5 Å². The number of hydrogen-bond donors (Lipinski definition) is 1. The standard InChI is InChI=1S/C12H18ClN/c1-9-4-5-12(6-7-14-8-13)11(3)10(9)2/h4-5,14H,6-8H2,1-3H3. The molecule has 1 N–H and O–H groups in total. The summed E-state index contributed by atoms with van der Waals surface area (Å²) in [5.74, 6) is 0. The van der Waals surface area contributed by atoms with Crippen LogP contribution in [0.4, 0.5) is 0 Å². The van der Waals surface area contributed by atoms with Crippen LogP contribution in [0.2, 0.25) is 0 Å². The molecule has 1 aromatic carbocycles. The van der Waals surface area contributed by atoms with Crippen LogP contribution in [0.15, 0.2) is 12.1 Å². The molecule has 0 aliphatic carbocycles. The lowest BCUT2D eigenvalue weighted by Crippen LogP contribution is -2.15. The molecular formula is C12H18ClN. The van der Waals surface area contributed by atoms with Gasteiger partial charge in [-0.2, -0.15) is 0 Å². The van der Waals surface area contributed by atoms with E-state index in [2.05, 4.69) is 38.2 Å². The molecule has 0 bridgehead atoms. The zero-order chi connectivity index (χ0) is 10.6. The van der Waals surface area contributed by atoms with E-state index in [1.54, 1.807) is 0 Å². The molecule has 0 atom stereocenters. The Morgan fingerprint density at radius 3 is 2.50 bits per heavy atom. The van der Waals surface area contributed by atoms with Gasteiger partial charge in [0.25, 0.3) is 0 Å². The fraction of sp³-hybridized carbons (Fsp3) is 0.500. The van der Waals surface area contributed by atoms with Gasteiger partial charge in [0.05, 0.1) is 6.00 Å². The Bertz CT molecular complexity index is 307. The molecule has 0 saturated heterocycles. The Morgan fingerprint density at radius 2 is 1.86 bits per heavy atom. The highest BCUT2D eigenvalue weighted by Crippen LogP contribution is 2.17. The fourth-order valence-electron chi connectivity index (χ4n) is 1.57. The van der Waals surface area contributed by atoms with Crippen LogP contribution < -0.4 is 5.32 Å². The first kappa shape index (κ1) is 11.5. The smallest absolute Gasteiger partial charge is 0.0713 e. The van der Waals surface area contributed by atoms with Crippen LogP contribution in [0.3, 0.4) is 0 Å². The third-order valence-electron chi connectivity index (χ3n) is 2.84. The second-order valence-corrected chi connectivity index (χ2v) is 3.94. The van der Waals surface area contributed by atoms with Gasteiger partial charge in [0, 0.05) is 6.54 Å². The van der Waals surface area contributed by atoms with Crippen molar-refractivity contribution < 1.29 is 0 Å². The average Bonchev–Trinajstić information content (AvgIpc) is 2.18. The van der Waals surface area contributed by atoms with Crippen molar-refractivity contribution >= 4 is 11.6 Å². The van der Waals surface area contributed by atoms with Crippen LogP contribution in [0.5, 0.6) is 0 Å². The SMILES string of the molecule is Cc1ccc(CCNCCl)c(C)c1C. The van der Waals surface area contributed by atoms with Gasteiger partial charge in [-0.1, -0.05) is 12.1 Å². The molecule has 0 heterocycles. The highest BCUT2D eigenvalue weighted by Gasteiger charge is 2.02.